The maximum absolute atomic E-state index is 12.0. The number of hydrogen-bond donors (Lipinski definition) is 1. The van der Waals surface area contributed by atoms with Crippen LogP contribution in [0.3, 0.4) is 0 Å². The van der Waals surface area contributed by atoms with Crippen molar-refractivity contribution in [1.29, 1.82) is 0 Å². The number of halogens is 3. The average Bonchev–Trinajstić information content (AvgIpc) is 2.33. The molecule has 0 aliphatic carbocycles. The largest absolute Gasteiger partial charge is 0.389 e. The molecule has 0 fully saturated rings. The molecule has 0 saturated heterocycles. The highest BCUT2D eigenvalue weighted by Gasteiger charge is 2.28. The Morgan fingerprint density at radius 1 is 1.17 bits per heavy atom. The molecule has 4 heteroatoms. The van der Waals surface area contributed by atoms with Crippen LogP contribution in [0.2, 0.25) is 0 Å². The predicted octanol–water partition coefficient (Wildman–Crippen LogP) is 4.41. The van der Waals surface area contributed by atoms with Gasteiger partial charge in [-0.05, 0) is 30.4 Å². The molecule has 1 rings (SSSR count). The van der Waals surface area contributed by atoms with E-state index >= 15 is 0 Å². The number of alkyl halides is 3. The normalized spacial score (nSPS) is 13.6. The van der Waals surface area contributed by atoms with Crippen LogP contribution in [0.4, 0.5) is 13.2 Å². The lowest BCUT2D eigenvalue weighted by Gasteiger charge is -2.13. The molecular formula is C14H19F3O. The minimum Gasteiger partial charge on any atom is -0.388 e. The zero-order valence-corrected chi connectivity index (χ0v) is 10.5. The Morgan fingerprint density at radius 3 is 2.28 bits per heavy atom. The monoisotopic (exact) mass is 260 g/mol. The Bertz CT molecular complexity index is 343. The van der Waals surface area contributed by atoms with E-state index in [1.165, 1.54) is 0 Å². The maximum atomic E-state index is 12.0. The molecule has 0 heterocycles. The molecule has 1 atom stereocenters. The number of rotatable bonds is 6. The minimum absolute atomic E-state index is 0.280. The number of hydrogen-bond acceptors (Lipinski definition) is 1. The van der Waals surface area contributed by atoms with E-state index in [0.29, 0.717) is 5.56 Å². The van der Waals surface area contributed by atoms with Gasteiger partial charge in [0.25, 0.3) is 0 Å². The summed E-state index contributed by atoms with van der Waals surface area (Å²) in [5, 5.41) is 9.65. The molecule has 1 unspecified atom stereocenters. The molecule has 0 saturated carbocycles. The first-order valence-corrected chi connectivity index (χ1v) is 6.26. The van der Waals surface area contributed by atoms with Crippen molar-refractivity contribution in [2.75, 3.05) is 0 Å². The van der Waals surface area contributed by atoms with Crippen LogP contribution >= 0.6 is 0 Å². The van der Waals surface area contributed by atoms with Crippen molar-refractivity contribution in [1.82, 2.24) is 0 Å². The van der Waals surface area contributed by atoms with E-state index in [0.717, 1.165) is 24.8 Å². The Hall–Kier alpha value is -1.03. The third-order valence-corrected chi connectivity index (χ3v) is 2.88. The Balaban J connectivity index is 2.51. The van der Waals surface area contributed by atoms with E-state index in [1.807, 2.05) is 12.1 Å². The third-order valence-electron chi connectivity index (χ3n) is 2.88. The van der Waals surface area contributed by atoms with Gasteiger partial charge in [-0.15, -0.1) is 0 Å². The second-order valence-electron chi connectivity index (χ2n) is 4.51. The van der Waals surface area contributed by atoms with Crippen molar-refractivity contribution in [2.24, 2.45) is 0 Å². The number of benzene rings is 1. The summed E-state index contributed by atoms with van der Waals surface area (Å²) in [4.78, 5) is 0. The van der Waals surface area contributed by atoms with Crippen LogP contribution in [0.5, 0.6) is 0 Å². The van der Waals surface area contributed by atoms with Crippen molar-refractivity contribution in [3.8, 4) is 0 Å². The summed E-state index contributed by atoms with van der Waals surface area (Å²) in [5.74, 6) is 0. The molecule has 1 aromatic rings. The number of unbranched alkanes of at least 4 members (excludes halogenated alkanes) is 1. The van der Waals surface area contributed by atoms with Crippen LogP contribution in [-0.2, 0) is 6.42 Å². The molecule has 0 spiro atoms. The molecule has 18 heavy (non-hydrogen) atoms. The zero-order chi connectivity index (χ0) is 13.6. The molecule has 0 aliphatic heterocycles. The van der Waals surface area contributed by atoms with Crippen LogP contribution < -0.4 is 0 Å². The molecule has 0 amide bonds. The summed E-state index contributed by atoms with van der Waals surface area (Å²) in [6.07, 6.45) is -3.31. The maximum Gasteiger partial charge on any atom is 0.389 e. The molecule has 0 aliphatic rings. The predicted molar refractivity (Wildman–Crippen MR) is 65.3 cm³/mol. The first-order valence-electron chi connectivity index (χ1n) is 6.26. The molecule has 0 bridgehead atoms. The second kappa shape index (κ2) is 6.78. The Labute approximate surface area is 106 Å². The first kappa shape index (κ1) is 15.0. The SMILES string of the molecule is CCCCc1ccc(C(O)CCC(F)(F)F)cc1. The van der Waals surface area contributed by atoms with Gasteiger partial charge in [-0.2, -0.15) is 13.2 Å². The van der Waals surface area contributed by atoms with Crippen molar-refractivity contribution in [3.63, 3.8) is 0 Å². The van der Waals surface area contributed by atoms with E-state index in [1.54, 1.807) is 12.1 Å². The van der Waals surface area contributed by atoms with Gasteiger partial charge in [0.1, 0.15) is 0 Å². The topological polar surface area (TPSA) is 20.2 Å². The summed E-state index contributed by atoms with van der Waals surface area (Å²) >= 11 is 0. The second-order valence-corrected chi connectivity index (χ2v) is 4.51. The van der Waals surface area contributed by atoms with Gasteiger partial charge in [0.2, 0.25) is 0 Å². The van der Waals surface area contributed by atoms with Crippen LogP contribution in [0.15, 0.2) is 24.3 Å². The molecule has 0 aromatic heterocycles. The van der Waals surface area contributed by atoms with Crippen molar-refractivity contribution in [2.45, 2.75) is 51.3 Å². The third kappa shape index (κ3) is 5.54. The Kier molecular flexibility index (Phi) is 5.66. The molecule has 102 valence electrons. The van der Waals surface area contributed by atoms with Gasteiger partial charge in [0.15, 0.2) is 0 Å². The summed E-state index contributed by atoms with van der Waals surface area (Å²) in [6.45, 7) is 2.11. The highest BCUT2D eigenvalue weighted by Crippen LogP contribution is 2.27. The Morgan fingerprint density at radius 2 is 1.78 bits per heavy atom. The number of aliphatic hydroxyl groups is 1. The van der Waals surface area contributed by atoms with Crippen LogP contribution in [-0.4, -0.2) is 11.3 Å². The lowest BCUT2D eigenvalue weighted by Crippen LogP contribution is -2.10. The van der Waals surface area contributed by atoms with Crippen LogP contribution in [0, 0.1) is 0 Å². The van der Waals surface area contributed by atoms with Gasteiger partial charge in [-0.1, -0.05) is 37.6 Å². The quantitative estimate of drug-likeness (QED) is 0.803. The summed E-state index contributed by atoms with van der Waals surface area (Å²) in [6, 6.07) is 7.18. The van der Waals surface area contributed by atoms with Gasteiger partial charge in [-0.25, -0.2) is 0 Å². The van der Waals surface area contributed by atoms with Gasteiger partial charge in [0, 0.05) is 6.42 Å². The molecule has 1 N–H and O–H groups in total. The van der Waals surface area contributed by atoms with E-state index in [4.69, 9.17) is 0 Å². The molecule has 0 radical (unpaired) electrons. The highest BCUT2D eigenvalue weighted by atomic mass is 19.4. The van der Waals surface area contributed by atoms with E-state index in [9.17, 15) is 18.3 Å². The van der Waals surface area contributed by atoms with E-state index < -0.39 is 18.7 Å². The van der Waals surface area contributed by atoms with Crippen molar-refractivity contribution < 1.29 is 18.3 Å². The van der Waals surface area contributed by atoms with Gasteiger partial charge in [0.05, 0.1) is 6.10 Å². The zero-order valence-electron chi connectivity index (χ0n) is 10.5. The van der Waals surface area contributed by atoms with E-state index in [2.05, 4.69) is 6.92 Å². The molecular weight excluding hydrogens is 241 g/mol. The van der Waals surface area contributed by atoms with Gasteiger partial charge in [-0.3, -0.25) is 0 Å². The van der Waals surface area contributed by atoms with Crippen LogP contribution in [0.25, 0.3) is 0 Å². The van der Waals surface area contributed by atoms with Crippen LogP contribution in [0.1, 0.15) is 49.8 Å². The number of aryl methyl sites for hydroxylation is 1. The van der Waals surface area contributed by atoms with Crippen molar-refractivity contribution >= 4 is 0 Å². The molecule has 1 nitrogen and oxygen atoms in total. The fourth-order valence-electron chi connectivity index (χ4n) is 1.75. The fraction of sp³-hybridized carbons (Fsp3) is 0.571. The summed E-state index contributed by atoms with van der Waals surface area (Å²) in [5.41, 5.74) is 1.71. The fourth-order valence-corrected chi connectivity index (χ4v) is 1.75. The summed E-state index contributed by atoms with van der Waals surface area (Å²) in [7, 11) is 0. The molecule has 1 aromatic carbocycles. The minimum atomic E-state index is -4.21. The standard InChI is InChI=1S/C14H19F3O/c1-2-3-4-11-5-7-12(8-6-11)13(18)9-10-14(15,16)17/h5-8,13,18H,2-4,9-10H2,1H3. The lowest BCUT2D eigenvalue weighted by atomic mass is 10.0. The number of aliphatic hydroxyl groups excluding tert-OH is 1. The van der Waals surface area contributed by atoms with Gasteiger partial charge >= 0.3 is 6.18 Å². The van der Waals surface area contributed by atoms with Crippen molar-refractivity contribution in [3.05, 3.63) is 35.4 Å². The van der Waals surface area contributed by atoms with Gasteiger partial charge < -0.3 is 5.11 Å². The average molecular weight is 260 g/mol. The smallest absolute Gasteiger partial charge is 0.388 e. The van der Waals surface area contributed by atoms with E-state index in [-0.39, 0.29) is 6.42 Å². The summed E-state index contributed by atoms with van der Waals surface area (Å²) < 4.78 is 36.1. The lowest BCUT2D eigenvalue weighted by molar-refractivity contribution is -0.140. The first-order chi connectivity index (χ1) is 8.42. The highest BCUT2D eigenvalue weighted by molar-refractivity contribution is 5.24.